The number of ether oxygens (including phenoxy) is 1. The van der Waals surface area contributed by atoms with Crippen molar-refractivity contribution in [2.24, 2.45) is 0 Å². The van der Waals surface area contributed by atoms with Crippen molar-refractivity contribution in [3.05, 3.63) is 86.9 Å². The first kappa shape index (κ1) is 20.0. The molecular weight excluding hydrogens is 410 g/mol. The molecule has 1 aliphatic carbocycles. The molecule has 0 spiro atoms. The molecule has 1 aliphatic rings. The van der Waals surface area contributed by atoms with E-state index in [1.54, 1.807) is 24.3 Å². The highest BCUT2D eigenvalue weighted by molar-refractivity contribution is 5.89. The van der Waals surface area contributed by atoms with Gasteiger partial charge in [-0.15, -0.1) is 0 Å². The normalized spacial score (nSPS) is 13.4. The Labute approximate surface area is 182 Å². The molecule has 2 heterocycles. The molecule has 2 aromatic heterocycles. The van der Waals surface area contributed by atoms with Crippen molar-refractivity contribution in [1.29, 1.82) is 0 Å². The van der Waals surface area contributed by atoms with E-state index in [-0.39, 0.29) is 30.3 Å². The zero-order valence-corrected chi connectivity index (χ0v) is 17.2. The van der Waals surface area contributed by atoms with Gasteiger partial charge < -0.3 is 14.1 Å². The van der Waals surface area contributed by atoms with Gasteiger partial charge in [-0.3, -0.25) is 9.36 Å². The Balaban J connectivity index is 1.27. The van der Waals surface area contributed by atoms with Gasteiger partial charge >= 0.3 is 11.7 Å². The number of esters is 1. The molecular formula is C24H21N3O5. The van der Waals surface area contributed by atoms with Gasteiger partial charge in [-0.05, 0) is 43.5 Å². The molecule has 0 radical (unpaired) electrons. The van der Waals surface area contributed by atoms with Crippen LogP contribution in [0, 0.1) is 0 Å². The third kappa shape index (κ3) is 3.87. The summed E-state index contributed by atoms with van der Waals surface area (Å²) in [4.78, 5) is 44.6. The van der Waals surface area contributed by atoms with E-state index in [0.29, 0.717) is 29.0 Å². The molecule has 8 heteroatoms. The summed E-state index contributed by atoms with van der Waals surface area (Å²) in [5.74, 6) is 0.597. The Hall–Kier alpha value is -3.94. The second-order valence-electron chi connectivity index (χ2n) is 7.79. The fourth-order valence-corrected chi connectivity index (χ4v) is 3.66. The highest BCUT2D eigenvalue weighted by Gasteiger charge is 2.34. The number of H-pyrrole nitrogens is 1. The second-order valence-corrected chi connectivity index (χ2v) is 7.79. The number of aromatic nitrogens is 3. The monoisotopic (exact) mass is 431 g/mol. The van der Waals surface area contributed by atoms with Crippen molar-refractivity contribution < 1.29 is 13.9 Å². The first-order chi connectivity index (χ1) is 15.6. The molecule has 0 saturated heterocycles. The van der Waals surface area contributed by atoms with Gasteiger partial charge in [0.15, 0.2) is 5.69 Å². The van der Waals surface area contributed by atoms with Crippen LogP contribution in [0.2, 0.25) is 0 Å². The van der Waals surface area contributed by atoms with E-state index in [1.807, 2.05) is 30.3 Å². The Morgan fingerprint density at radius 3 is 2.62 bits per heavy atom. The summed E-state index contributed by atoms with van der Waals surface area (Å²) in [6.45, 7) is 0.186. The van der Waals surface area contributed by atoms with Crippen LogP contribution in [-0.4, -0.2) is 27.1 Å². The smallest absolute Gasteiger partial charge is 0.360 e. The maximum atomic E-state index is 12.7. The van der Waals surface area contributed by atoms with Crippen molar-refractivity contribution in [3.8, 4) is 11.5 Å². The molecule has 1 saturated carbocycles. The summed E-state index contributed by atoms with van der Waals surface area (Å²) in [7, 11) is 0. The van der Waals surface area contributed by atoms with Crippen LogP contribution >= 0.6 is 0 Å². The molecule has 1 N–H and O–H groups in total. The Bertz CT molecular complexity index is 1400. The number of hydrogen-bond acceptors (Lipinski definition) is 6. The highest BCUT2D eigenvalue weighted by atomic mass is 16.5. The number of para-hydroxylation sites is 1. The average molecular weight is 431 g/mol. The van der Waals surface area contributed by atoms with Crippen LogP contribution < -0.4 is 11.2 Å². The lowest BCUT2D eigenvalue weighted by Gasteiger charge is -2.07. The molecule has 4 aromatic rings. The van der Waals surface area contributed by atoms with Gasteiger partial charge in [0.05, 0.1) is 17.5 Å². The zero-order valence-electron chi connectivity index (χ0n) is 17.2. The summed E-state index contributed by atoms with van der Waals surface area (Å²) >= 11 is 0. The quantitative estimate of drug-likeness (QED) is 0.355. The largest absolute Gasteiger partial charge is 0.461 e. The number of aromatic amines is 1. The first-order valence-electron chi connectivity index (χ1n) is 10.6. The lowest BCUT2D eigenvalue weighted by molar-refractivity contribution is 0.0486. The van der Waals surface area contributed by atoms with Gasteiger partial charge in [0.2, 0.25) is 5.89 Å². The summed E-state index contributed by atoms with van der Waals surface area (Å²) in [5, 5.41) is 0.439. The van der Waals surface area contributed by atoms with Gasteiger partial charge in [0.25, 0.3) is 5.56 Å². The lowest BCUT2D eigenvalue weighted by atomic mass is 10.2. The van der Waals surface area contributed by atoms with Crippen LogP contribution in [0.25, 0.3) is 22.4 Å². The average Bonchev–Trinajstić information content (AvgIpc) is 3.56. The number of oxazole rings is 1. The predicted octanol–water partition coefficient (Wildman–Crippen LogP) is 3.47. The molecule has 0 amide bonds. The maximum Gasteiger partial charge on any atom is 0.360 e. The van der Waals surface area contributed by atoms with E-state index < -0.39 is 11.7 Å². The molecule has 1 fully saturated rings. The lowest BCUT2D eigenvalue weighted by Crippen LogP contribution is -2.35. The minimum atomic E-state index is -0.558. The van der Waals surface area contributed by atoms with Crippen molar-refractivity contribution in [2.75, 3.05) is 6.61 Å². The van der Waals surface area contributed by atoms with E-state index in [0.717, 1.165) is 23.0 Å². The van der Waals surface area contributed by atoms with Crippen LogP contribution in [0.1, 0.15) is 41.4 Å². The Kier molecular flexibility index (Phi) is 5.18. The fraction of sp³-hybridized carbons (Fsp3) is 0.250. The zero-order chi connectivity index (χ0) is 22.1. The van der Waals surface area contributed by atoms with Gasteiger partial charge in [-0.2, -0.15) is 0 Å². The molecule has 2 aromatic carbocycles. The summed E-state index contributed by atoms with van der Waals surface area (Å²) < 4.78 is 12.4. The number of nitrogens with one attached hydrogen (secondary N) is 1. The van der Waals surface area contributed by atoms with Crippen LogP contribution in [-0.2, 0) is 11.3 Å². The maximum absolute atomic E-state index is 12.7. The minimum absolute atomic E-state index is 0.0508. The second kappa shape index (κ2) is 8.30. The van der Waals surface area contributed by atoms with Crippen LogP contribution in [0.3, 0.4) is 0 Å². The van der Waals surface area contributed by atoms with E-state index in [9.17, 15) is 14.4 Å². The molecule has 8 nitrogen and oxygen atoms in total. The highest BCUT2D eigenvalue weighted by Crippen LogP contribution is 2.43. The predicted molar refractivity (Wildman–Crippen MR) is 118 cm³/mol. The first-order valence-corrected chi connectivity index (χ1v) is 10.6. The number of nitrogens with zero attached hydrogens (tertiary/aromatic N) is 2. The third-order valence-corrected chi connectivity index (χ3v) is 5.46. The van der Waals surface area contributed by atoms with Crippen molar-refractivity contribution in [3.63, 3.8) is 0 Å². The standard InChI is InChI=1S/C24H21N3O5/c28-22-17-9-4-5-10-18(17)25-24(30)27(22)13-6-14-31-23(29)19-20(15-11-12-15)32-21(26-19)16-7-2-1-3-8-16/h1-5,7-10,15H,6,11-14H2,(H,25,30). The molecule has 5 rings (SSSR count). The molecule has 0 aliphatic heterocycles. The van der Waals surface area contributed by atoms with Gasteiger partial charge in [0, 0.05) is 18.0 Å². The number of rotatable bonds is 7. The molecule has 0 bridgehead atoms. The number of carbonyl (C=O) groups excluding carboxylic acids is 1. The topological polar surface area (TPSA) is 107 Å². The number of benzene rings is 2. The summed E-state index contributed by atoms with van der Waals surface area (Å²) in [5.41, 5.74) is 0.643. The minimum Gasteiger partial charge on any atom is -0.461 e. The Morgan fingerprint density at radius 1 is 1.09 bits per heavy atom. The third-order valence-electron chi connectivity index (χ3n) is 5.46. The van der Waals surface area contributed by atoms with Crippen molar-refractivity contribution in [2.45, 2.75) is 31.7 Å². The van der Waals surface area contributed by atoms with Crippen LogP contribution in [0.4, 0.5) is 0 Å². The van der Waals surface area contributed by atoms with E-state index in [2.05, 4.69) is 9.97 Å². The van der Waals surface area contributed by atoms with E-state index in [1.165, 1.54) is 0 Å². The van der Waals surface area contributed by atoms with Crippen LogP contribution in [0.15, 0.2) is 68.6 Å². The number of carbonyl (C=O) groups is 1. The molecule has 162 valence electrons. The van der Waals surface area contributed by atoms with E-state index in [4.69, 9.17) is 9.15 Å². The Morgan fingerprint density at radius 2 is 1.84 bits per heavy atom. The van der Waals surface area contributed by atoms with Crippen LogP contribution in [0.5, 0.6) is 0 Å². The molecule has 32 heavy (non-hydrogen) atoms. The SMILES string of the molecule is O=C(OCCCn1c(=O)[nH]c2ccccc2c1=O)c1nc(-c2ccccc2)oc1C1CC1. The van der Waals surface area contributed by atoms with Crippen molar-refractivity contribution >= 4 is 16.9 Å². The summed E-state index contributed by atoms with van der Waals surface area (Å²) in [6.07, 6.45) is 2.23. The number of fused-ring (bicyclic) bond motifs is 1. The fourth-order valence-electron chi connectivity index (χ4n) is 3.66. The van der Waals surface area contributed by atoms with Gasteiger partial charge in [-0.1, -0.05) is 30.3 Å². The van der Waals surface area contributed by atoms with Gasteiger partial charge in [0.1, 0.15) is 5.76 Å². The molecule has 0 atom stereocenters. The number of hydrogen-bond donors (Lipinski definition) is 1. The van der Waals surface area contributed by atoms with Gasteiger partial charge in [-0.25, -0.2) is 14.6 Å². The van der Waals surface area contributed by atoms with E-state index >= 15 is 0 Å². The summed E-state index contributed by atoms with van der Waals surface area (Å²) in [6, 6.07) is 16.2. The molecule has 0 unspecified atom stereocenters. The van der Waals surface area contributed by atoms with Crippen molar-refractivity contribution in [1.82, 2.24) is 14.5 Å².